The van der Waals surface area contributed by atoms with Crippen molar-refractivity contribution in [3.63, 3.8) is 0 Å². The standard InChI is InChI=1S/C12H13ClN4O/c1-17(7-10-15-5-6-16-10)12(18)11-8(13)3-2-4-9(11)14/h2-6H,7,14H2,1H3,(H,15,16). The number of nitrogens with one attached hydrogen (secondary N) is 1. The van der Waals surface area contributed by atoms with Gasteiger partial charge >= 0.3 is 0 Å². The lowest BCUT2D eigenvalue weighted by Gasteiger charge is -2.17. The lowest BCUT2D eigenvalue weighted by atomic mass is 10.1. The summed E-state index contributed by atoms with van der Waals surface area (Å²) in [5.74, 6) is 0.478. The summed E-state index contributed by atoms with van der Waals surface area (Å²) in [5.41, 5.74) is 6.48. The molecule has 0 spiro atoms. The van der Waals surface area contributed by atoms with Crippen LogP contribution in [0.5, 0.6) is 0 Å². The van der Waals surface area contributed by atoms with E-state index in [0.717, 1.165) is 0 Å². The topological polar surface area (TPSA) is 75.0 Å². The molecule has 1 amide bonds. The van der Waals surface area contributed by atoms with Gasteiger partial charge in [-0.3, -0.25) is 4.79 Å². The lowest BCUT2D eigenvalue weighted by molar-refractivity contribution is 0.0783. The van der Waals surface area contributed by atoms with Crippen molar-refractivity contribution in [2.75, 3.05) is 12.8 Å². The van der Waals surface area contributed by atoms with Crippen LogP contribution in [0, 0.1) is 0 Å². The van der Waals surface area contributed by atoms with Crippen LogP contribution in [0.4, 0.5) is 5.69 Å². The number of aromatic amines is 1. The Kier molecular flexibility index (Phi) is 3.53. The van der Waals surface area contributed by atoms with E-state index >= 15 is 0 Å². The third-order valence-electron chi connectivity index (χ3n) is 2.55. The van der Waals surface area contributed by atoms with Gasteiger partial charge in [-0.05, 0) is 12.1 Å². The third-order valence-corrected chi connectivity index (χ3v) is 2.86. The van der Waals surface area contributed by atoms with Gasteiger partial charge in [-0.15, -0.1) is 0 Å². The Morgan fingerprint density at radius 2 is 2.33 bits per heavy atom. The molecule has 0 radical (unpaired) electrons. The van der Waals surface area contributed by atoms with Crippen molar-refractivity contribution >= 4 is 23.2 Å². The molecule has 18 heavy (non-hydrogen) atoms. The van der Waals surface area contributed by atoms with Crippen LogP contribution >= 0.6 is 11.6 Å². The number of hydrogen-bond acceptors (Lipinski definition) is 3. The first-order valence-corrected chi connectivity index (χ1v) is 5.75. The predicted octanol–water partition coefficient (Wildman–Crippen LogP) is 1.92. The first kappa shape index (κ1) is 12.4. The molecule has 0 fully saturated rings. The van der Waals surface area contributed by atoms with E-state index in [0.29, 0.717) is 28.6 Å². The van der Waals surface area contributed by atoms with Crippen molar-refractivity contribution in [1.29, 1.82) is 0 Å². The molecule has 3 N–H and O–H groups in total. The summed E-state index contributed by atoms with van der Waals surface area (Å²) in [4.78, 5) is 20.7. The molecule has 0 aliphatic heterocycles. The summed E-state index contributed by atoms with van der Waals surface area (Å²) in [7, 11) is 1.67. The van der Waals surface area contributed by atoms with Crippen LogP contribution in [0.25, 0.3) is 0 Å². The molecule has 6 heteroatoms. The van der Waals surface area contributed by atoms with Gasteiger partial charge in [-0.2, -0.15) is 0 Å². The van der Waals surface area contributed by atoms with Crippen molar-refractivity contribution < 1.29 is 4.79 Å². The van der Waals surface area contributed by atoms with Crippen molar-refractivity contribution in [3.8, 4) is 0 Å². The second kappa shape index (κ2) is 5.10. The Labute approximate surface area is 110 Å². The number of nitrogen functional groups attached to an aromatic ring is 1. The van der Waals surface area contributed by atoms with E-state index in [1.54, 1.807) is 37.6 Å². The number of imidazole rings is 1. The van der Waals surface area contributed by atoms with E-state index in [2.05, 4.69) is 9.97 Å². The number of amides is 1. The van der Waals surface area contributed by atoms with Crippen molar-refractivity contribution in [1.82, 2.24) is 14.9 Å². The molecule has 2 aromatic rings. The highest BCUT2D eigenvalue weighted by atomic mass is 35.5. The summed E-state index contributed by atoms with van der Waals surface area (Å²) in [6.45, 7) is 0.372. The van der Waals surface area contributed by atoms with Crippen molar-refractivity contribution in [3.05, 3.63) is 47.0 Å². The zero-order valence-electron chi connectivity index (χ0n) is 9.85. The number of nitrogens with two attached hydrogens (primary N) is 1. The van der Waals surface area contributed by atoms with E-state index in [9.17, 15) is 4.79 Å². The van der Waals surface area contributed by atoms with Crippen molar-refractivity contribution in [2.24, 2.45) is 0 Å². The molecule has 0 unspecified atom stereocenters. The number of H-pyrrole nitrogens is 1. The molecule has 1 heterocycles. The van der Waals surface area contributed by atoms with Gasteiger partial charge in [0.2, 0.25) is 0 Å². The van der Waals surface area contributed by atoms with E-state index < -0.39 is 0 Å². The molecular formula is C12H13ClN4O. The highest BCUT2D eigenvalue weighted by Crippen LogP contribution is 2.23. The normalized spacial score (nSPS) is 10.3. The predicted molar refractivity (Wildman–Crippen MR) is 70.2 cm³/mol. The molecule has 1 aromatic carbocycles. The van der Waals surface area contributed by atoms with Crippen LogP contribution in [0.15, 0.2) is 30.6 Å². The zero-order chi connectivity index (χ0) is 13.1. The maximum absolute atomic E-state index is 12.2. The summed E-state index contributed by atoms with van der Waals surface area (Å²) in [6.07, 6.45) is 3.34. The SMILES string of the molecule is CN(Cc1ncc[nH]1)C(=O)c1c(N)cccc1Cl. The number of nitrogens with zero attached hydrogens (tertiary/aromatic N) is 2. The highest BCUT2D eigenvalue weighted by molar-refractivity contribution is 6.34. The monoisotopic (exact) mass is 264 g/mol. The van der Waals surface area contributed by atoms with Gasteiger partial charge in [-0.25, -0.2) is 4.98 Å². The molecule has 0 saturated heterocycles. The fourth-order valence-electron chi connectivity index (χ4n) is 1.64. The van der Waals surface area contributed by atoms with Gasteiger partial charge in [0, 0.05) is 25.1 Å². The number of carbonyl (C=O) groups is 1. The van der Waals surface area contributed by atoms with Crippen LogP contribution in [0.1, 0.15) is 16.2 Å². The van der Waals surface area contributed by atoms with E-state index in [-0.39, 0.29) is 5.91 Å². The van der Waals surface area contributed by atoms with E-state index in [4.69, 9.17) is 17.3 Å². The Morgan fingerprint density at radius 3 is 2.94 bits per heavy atom. The maximum atomic E-state index is 12.2. The van der Waals surface area contributed by atoms with Gasteiger partial charge in [0.15, 0.2) is 0 Å². The summed E-state index contributed by atoms with van der Waals surface area (Å²) in [6, 6.07) is 5.01. The van der Waals surface area contributed by atoms with E-state index in [1.807, 2.05) is 0 Å². The number of anilines is 1. The molecule has 0 aliphatic rings. The zero-order valence-corrected chi connectivity index (χ0v) is 10.6. The van der Waals surface area contributed by atoms with Gasteiger partial charge in [0.25, 0.3) is 5.91 Å². The molecule has 0 aliphatic carbocycles. The minimum Gasteiger partial charge on any atom is -0.398 e. The summed E-state index contributed by atoms with van der Waals surface area (Å²) >= 11 is 6.00. The molecule has 0 bridgehead atoms. The summed E-state index contributed by atoms with van der Waals surface area (Å²) < 4.78 is 0. The smallest absolute Gasteiger partial charge is 0.257 e. The molecular weight excluding hydrogens is 252 g/mol. The van der Waals surface area contributed by atoms with Crippen LogP contribution in [0.2, 0.25) is 5.02 Å². The van der Waals surface area contributed by atoms with Gasteiger partial charge in [-0.1, -0.05) is 17.7 Å². The van der Waals surface area contributed by atoms with Crippen molar-refractivity contribution in [2.45, 2.75) is 6.54 Å². The quantitative estimate of drug-likeness (QED) is 0.832. The van der Waals surface area contributed by atoms with Crippen LogP contribution < -0.4 is 5.73 Å². The van der Waals surface area contributed by atoms with Gasteiger partial charge < -0.3 is 15.6 Å². The first-order valence-electron chi connectivity index (χ1n) is 5.37. The number of halogens is 1. The first-order chi connectivity index (χ1) is 8.59. The molecule has 2 rings (SSSR count). The molecule has 1 aromatic heterocycles. The van der Waals surface area contributed by atoms with E-state index in [1.165, 1.54) is 4.90 Å². The average Bonchev–Trinajstić information content (AvgIpc) is 2.81. The molecule has 0 atom stereocenters. The Hall–Kier alpha value is -2.01. The van der Waals surface area contributed by atoms with Crippen LogP contribution in [0.3, 0.4) is 0 Å². The number of carbonyl (C=O) groups excluding carboxylic acids is 1. The largest absolute Gasteiger partial charge is 0.398 e. The van der Waals surface area contributed by atoms with Gasteiger partial charge in [0.05, 0.1) is 17.1 Å². The highest BCUT2D eigenvalue weighted by Gasteiger charge is 2.18. The molecule has 94 valence electrons. The second-order valence-electron chi connectivity index (χ2n) is 3.90. The van der Waals surface area contributed by atoms with Crippen LogP contribution in [-0.2, 0) is 6.54 Å². The Morgan fingerprint density at radius 1 is 1.56 bits per heavy atom. The number of benzene rings is 1. The third kappa shape index (κ3) is 2.46. The maximum Gasteiger partial charge on any atom is 0.257 e. The fraction of sp³-hybridized carbons (Fsp3) is 0.167. The second-order valence-corrected chi connectivity index (χ2v) is 4.31. The minimum absolute atomic E-state index is 0.227. The average molecular weight is 265 g/mol. The Bertz CT molecular complexity index is 533. The minimum atomic E-state index is -0.227. The summed E-state index contributed by atoms with van der Waals surface area (Å²) in [5, 5.41) is 0.353. The van der Waals surface area contributed by atoms with Gasteiger partial charge in [0.1, 0.15) is 5.82 Å². The Balaban J connectivity index is 2.21. The number of rotatable bonds is 3. The number of aromatic nitrogens is 2. The van der Waals surface area contributed by atoms with Crippen LogP contribution in [-0.4, -0.2) is 27.8 Å². The molecule has 0 saturated carbocycles. The number of hydrogen-bond donors (Lipinski definition) is 2. The lowest BCUT2D eigenvalue weighted by Crippen LogP contribution is -2.27. The fourth-order valence-corrected chi connectivity index (χ4v) is 1.90. The molecule has 5 nitrogen and oxygen atoms in total.